The molecule has 2 rings (SSSR count). The van der Waals surface area contributed by atoms with E-state index in [0.29, 0.717) is 11.5 Å². The summed E-state index contributed by atoms with van der Waals surface area (Å²) in [4.78, 5) is 4.37. The van der Waals surface area contributed by atoms with Crippen LogP contribution in [-0.2, 0) is 6.54 Å². The molecular weight excluding hydrogens is 236 g/mol. The minimum absolute atomic E-state index is 0.314. The number of ether oxygens (including phenoxy) is 1. The van der Waals surface area contributed by atoms with Gasteiger partial charge in [0.05, 0.1) is 6.61 Å². The molecule has 0 unspecified atom stereocenters. The van der Waals surface area contributed by atoms with Gasteiger partial charge in [-0.25, -0.2) is 0 Å². The van der Waals surface area contributed by atoms with Gasteiger partial charge >= 0.3 is 0 Å². The maximum atomic E-state index is 5.97. The summed E-state index contributed by atoms with van der Waals surface area (Å²) in [6.45, 7) is 10.4. The molecule has 1 fully saturated rings. The molecule has 3 nitrogen and oxygen atoms in total. The molecule has 19 heavy (non-hydrogen) atoms. The summed E-state index contributed by atoms with van der Waals surface area (Å²) >= 11 is 0. The van der Waals surface area contributed by atoms with Gasteiger partial charge in [0.2, 0.25) is 0 Å². The summed E-state index contributed by atoms with van der Waals surface area (Å²) in [7, 11) is 0. The van der Waals surface area contributed by atoms with E-state index in [0.717, 1.165) is 31.0 Å². The first-order valence-electron chi connectivity index (χ1n) is 7.26. The monoisotopic (exact) mass is 262 g/mol. The lowest BCUT2D eigenvalue weighted by Crippen LogP contribution is -2.17. The van der Waals surface area contributed by atoms with E-state index in [2.05, 4.69) is 31.1 Å². The molecule has 1 aliphatic rings. The molecule has 1 heterocycles. The number of pyridine rings is 1. The van der Waals surface area contributed by atoms with Crippen LogP contribution in [0.1, 0.15) is 51.3 Å². The van der Waals surface area contributed by atoms with Crippen LogP contribution in [0.25, 0.3) is 0 Å². The Bertz CT molecular complexity index is 419. The van der Waals surface area contributed by atoms with E-state index in [-0.39, 0.29) is 0 Å². The lowest BCUT2D eigenvalue weighted by Gasteiger charge is -2.19. The van der Waals surface area contributed by atoms with Gasteiger partial charge < -0.3 is 10.1 Å². The van der Waals surface area contributed by atoms with Crippen LogP contribution in [0.4, 0.5) is 0 Å². The van der Waals surface area contributed by atoms with Gasteiger partial charge in [0.1, 0.15) is 5.75 Å². The standard InChI is InChI=1S/C16H26N2O/c1-12-9-15(19-8-7-16(2,3)4)13(10-17-12)11-18-14-5-6-14/h9-10,14,18H,5-8,11H2,1-4H3. The molecule has 0 aliphatic heterocycles. The highest BCUT2D eigenvalue weighted by atomic mass is 16.5. The van der Waals surface area contributed by atoms with Crippen molar-refractivity contribution in [3.8, 4) is 5.75 Å². The second-order valence-electron chi connectivity index (χ2n) is 6.75. The second kappa shape index (κ2) is 5.91. The number of hydrogen-bond acceptors (Lipinski definition) is 3. The Morgan fingerprint density at radius 2 is 2.11 bits per heavy atom. The van der Waals surface area contributed by atoms with Gasteiger partial charge in [0.25, 0.3) is 0 Å². The molecular formula is C16H26N2O. The fourth-order valence-corrected chi connectivity index (χ4v) is 1.84. The van der Waals surface area contributed by atoms with E-state index in [1.165, 1.54) is 18.4 Å². The van der Waals surface area contributed by atoms with Crippen molar-refractivity contribution in [1.82, 2.24) is 10.3 Å². The molecule has 3 heteroatoms. The average molecular weight is 262 g/mol. The largest absolute Gasteiger partial charge is 0.493 e. The summed E-state index contributed by atoms with van der Waals surface area (Å²) < 4.78 is 5.97. The zero-order chi connectivity index (χ0) is 13.9. The Kier molecular flexibility index (Phi) is 4.46. The molecule has 0 amide bonds. The molecule has 1 saturated carbocycles. The first-order chi connectivity index (χ1) is 8.94. The Hall–Kier alpha value is -1.09. The number of aromatic nitrogens is 1. The predicted molar refractivity (Wildman–Crippen MR) is 78.4 cm³/mol. The SMILES string of the molecule is Cc1cc(OCCC(C)(C)C)c(CNC2CC2)cn1. The van der Waals surface area contributed by atoms with E-state index < -0.39 is 0 Å². The minimum Gasteiger partial charge on any atom is -0.493 e. The fourth-order valence-electron chi connectivity index (χ4n) is 1.84. The van der Waals surface area contributed by atoms with Crippen LogP contribution < -0.4 is 10.1 Å². The molecule has 0 bridgehead atoms. The van der Waals surface area contributed by atoms with Crippen LogP contribution in [-0.4, -0.2) is 17.6 Å². The summed E-state index contributed by atoms with van der Waals surface area (Å²) in [5, 5.41) is 3.52. The van der Waals surface area contributed by atoms with Crippen LogP contribution >= 0.6 is 0 Å². The van der Waals surface area contributed by atoms with Crippen molar-refractivity contribution >= 4 is 0 Å². The molecule has 0 saturated heterocycles. The maximum absolute atomic E-state index is 5.97. The van der Waals surface area contributed by atoms with E-state index in [9.17, 15) is 0 Å². The van der Waals surface area contributed by atoms with Gasteiger partial charge in [-0.05, 0) is 31.6 Å². The first-order valence-corrected chi connectivity index (χ1v) is 7.26. The third kappa shape index (κ3) is 5.19. The number of hydrogen-bond donors (Lipinski definition) is 1. The summed E-state index contributed by atoms with van der Waals surface area (Å²) in [6.07, 6.45) is 5.61. The molecule has 1 aromatic rings. The summed E-state index contributed by atoms with van der Waals surface area (Å²) in [5.41, 5.74) is 2.50. The average Bonchev–Trinajstić information content (AvgIpc) is 3.10. The van der Waals surface area contributed by atoms with Crippen LogP contribution in [0.2, 0.25) is 0 Å². The molecule has 106 valence electrons. The number of nitrogens with one attached hydrogen (secondary N) is 1. The molecule has 1 N–H and O–H groups in total. The number of nitrogens with zero attached hydrogens (tertiary/aromatic N) is 1. The van der Waals surface area contributed by atoms with E-state index in [1.54, 1.807) is 0 Å². The third-order valence-electron chi connectivity index (χ3n) is 3.35. The quantitative estimate of drug-likeness (QED) is 0.852. The smallest absolute Gasteiger partial charge is 0.127 e. The molecule has 0 spiro atoms. The zero-order valence-corrected chi connectivity index (χ0v) is 12.6. The Labute approximate surface area is 116 Å². The van der Waals surface area contributed by atoms with Crippen molar-refractivity contribution in [3.05, 3.63) is 23.5 Å². The van der Waals surface area contributed by atoms with Gasteiger partial charge in [-0.3, -0.25) is 4.98 Å². The van der Waals surface area contributed by atoms with Crippen molar-refractivity contribution in [1.29, 1.82) is 0 Å². The van der Waals surface area contributed by atoms with E-state index in [4.69, 9.17) is 4.74 Å². The van der Waals surface area contributed by atoms with Gasteiger partial charge in [-0.15, -0.1) is 0 Å². The van der Waals surface area contributed by atoms with Crippen molar-refractivity contribution < 1.29 is 4.74 Å². The van der Waals surface area contributed by atoms with Crippen LogP contribution in [0.15, 0.2) is 12.3 Å². The van der Waals surface area contributed by atoms with Crippen LogP contribution in [0, 0.1) is 12.3 Å². The molecule has 0 atom stereocenters. The molecule has 1 aliphatic carbocycles. The number of rotatable bonds is 6. The fraction of sp³-hybridized carbons (Fsp3) is 0.688. The van der Waals surface area contributed by atoms with Crippen molar-refractivity contribution in [2.45, 2.75) is 59.5 Å². The third-order valence-corrected chi connectivity index (χ3v) is 3.35. The van der Waals surface area contributed by atoms with E-state index >= 15 is 0 Å². The first kappa shape index (κ1) is 14.3. The molecule has 1 aromatic heterocycles. The minimum atomic E-state index is 0.314. The zero-order valence-electron chi connectivity index (χ0n) is 12.6. The Balaban J connectivity index is 1.93. The normalized spacial score (nSPS) is 15.6. The number of aryl methyl sites for hydroxylation is 1. The van der Waals surface area contributed by atoms with Gasteiger partial charge in [-0.1, -0.05) is 20.8 Å². The van der Waals surface area contributed by atoms with Crippen molar-refractivity contribution in [2.24, 2.45) is 5.41 Å². The molecule has 0 aromatic carbocycles. The topological polar surface area (TPSA) is 34.1 Å². The lowest BCUT2D eigenvalue weighted by atomic mass is 9.93. The highest BCUT2D eigenvalue weighted by molar-refractivity contribution is 5.33. The highest BCUT2D eigenvalue weighted by Crippen LogP contribution is 2.24. The van der Waals surface area contributed by atoms with Crippen LogP contribution in [0.5, 0.6) is 5.75 Å². The van der Waals surface area contributed by atoms with Crippen LogP contribution in [0.3, 0.4) is 0 Å². The van der Waals surface area contributed by atoms with Gasteiger partial charge in [0.15, 0.2) is 0 Å². The lowest BCUT2D eigenvalue weighted by molar-refractivity contribution is 0.240. The van der Waals surface area contributed by atoms with E-state index in [1.807, 2.05) is 19.2 Å². The van der Waals surface area contributed by atoms with Gasteiger partial charge in [-0.2, -0.15) is 0 Å². The maximum Gasteiger partial charge on any atom is 0.127 e. The molecule has 0 radical (unpaired) electrons. The Morgan fingerprint density at radius 1 is 1.37 bits per heavy atom. The predicted octanol–water partition coefficient (Wildman–Crippen LogP) is 3.46. The second-order valence-corrected chi connectivity index (χ2v) is 6.75. The summed E-state index contributed by atoms with van der Waals surface area (Å²) in [6, 6.07) is 2.76. The van der Waals surface area contributed by atoms with Crippen molar-refractivity contribution in [2.75, 3.05) is 6.61 Å². The summed E-state index contributed by atoms with van der Waals surface area (Å²) in [5.74, 6) is 0.991. The Morgan fingerprint density at radius 3 is 2.74 bits per heavy atom. The van der Waals surface area contributed by atoms with Gasteiger partial charge in [0, 0.05) is 36.1 Å². The van der Waals surface area contributed by atoms with Crippen molar-refractivity contribution in [3.63, 3.8) is 0 Å². The highest BCUT2D eigenvalue weighted by Gasteiger charge is 2.20.